The normalized spacial score (nSPS) is 19.9. The summed E-state index contributed by atoms with van der Waals surface area (Å²) in [5.41, 5.74) is 0.510. The fraction of sp³-hybridized carbons (Fsp3) is 1.00. The van der Waals surface area contributed by atoms with E-state index in [4.69, 9.17) is 0 Å². The molecule has 1 rings (SSSR count). The summed E-state index contributed by atoms with van der Waals surface area (Å²) in [5, 5.41) is 3.57. The van der Waals surface area contributed by atoms with Crippen LogP contribution in [0.4, 0.5) is 0 Å². The van der Waals surface area contributed by atoms with Gasteiger partial charge in [0.05, 0.1) is 0 Å². The SMILES string of the molecule is CCCNCC(C)(C)C1CCCCC1. The van der Waals surface area contributed by atoms with E-state index in [1.807, 2.05) is 0 Å². The molecule has 84 valence electrons. The van der Waals surface area contributed by atoms with Crippen LogP contribution in [-0.4, -0.2) is 13.1 Å². The second-order valence-corrected chi connectivity index (χ2v) is 5.50. The Hall–Kier alpha value is -0.0400. The van der Waals surface area contributed by atoms with Gasteiger partial charge in [-0.25, -0.2) is 0 Å². The Morgan fingerprint density at radius 2 is 1.79 bits per heavy atom. The van der Waals surface area contributed by atoms with E-state index in [2.05, 4.69) is 26.1 Å². The lowest BCUT2D eigenvalue weighted by molar-refractivity contribution is 0.154. The van der Waals surface area contributed by atoms with E-state index >= 15 is 0 Å². The van der Waals surface area contributed by atoms with Crippen molar-refractivity contribution < 1.29 is 0 Å². The lowest BCUT2D eigenvalue weighted by Crippen LogP contribution is -2.37. The maximum atomic E-state index is 3.57. The molecule has 1 N–H and O–H groups in total. The summed E-state index contributed by atoms with van der Waals surface area (Å²) in [5.74, 6) is 0.959. The van der Waals surface area contributed by atoms with Crippen LogP contribution in [0.1, 0.15) is 59.3 Å². The van der Waals surface area contributed by atoms with Crippen LogP contribution in [-0.2, 0) is 0 Å². The quantitative estimate of drug-likeness (QED) is 0.664. The van der Waals surface area contributed by atoms with Crippen LogP contribution < -0.4 is 5.32 Å². The van der Waals surface area contributed by atoms with Gasteiger partial charge in [-0.05, 0) is 37.1 Å². The Morgan fingerprint density at radius 3 is 2.36 bits per heavy atom. The van der Waals surface area contributed by atoms with Crippen LogP contribution >= 0.6 is 0 Å². The van der Waals surface area contributed by atoms with Crippen LogP contribution in [0.3, 0.4) is 0 Å². The third kappa shape index (κ3) is 3.61. The topological polar surface area (TPSA) is 12.0 Å². The van der Waals surface area contributed by atoms with E-state index < -0.39 is 0 Å². The highest BCUT2D eigenvalue weighted by atomic mass is 14.9. The Balaban J connectivity index is 2.29. The van der Waals surface area contributed by atoms with E-state index in [0.717, 1.165) is 5.92 Å². The third-order valence-corrected chi connectivity index (χ3v) is 3.72. The van der Waals surface area contributed by atoms with Crippen molar-refractivity contribution in [2.24, 2.45) is 11.3 Å². The van der Waals surface area contributed by atoms with Crippen LogP contribution in [0.5, 0.6) is 0 Å². The van der Waals surface area contributed by atoms with E-state index in [1.165, 1.54) is 51.6 Å². The molecule has 0 spiro atoms. The van der Waals surface area contributed by atoms with Crippen molar-refractivity contribution in [2.75, 3.05) is 13.1 Å². The molecule has 0 aromatic carbocycles. The van der Waals surface area contributed by atoms with Crippen molar-refractivity contribution in [3.8, 4) is 0 Å². The first kappa shape index (κ1) is 12.0. The lowest BCUT2D eigenvalue weighted by Gasteiger charge is -2.37. The fourth-order valence-electron chi connectivity index (χ4n) is 2.62. The summed E-state index contributed by atoms with van der Waals surface area (Å²) in [4.78, 5) is 0. The van der Waals surface area contributed by atoms with Gasteiger partial charge in [0.2, 0.25) is 0 Å². The predicted octanol–water partition coefficient (Wildman–Crippen LogP) is 3.59. The molecule has 0 bridgehead atoms. The standard InChI is InChI=1S/C13H27N/c1-4-10-14-11-13(2,3)12-8-6-5-7-9-12/h12,14H,4-11H2,1-3H3. The monoisotopic (exact) mass is 197 g/mol. The molecule has 1 nitrogen and oxygen atoms in total. The second kappa shape index (κ2) is 5.75. The minimum absolute atomic E-state index is 0.510. The zero-order valence-corrected chi connectivity index (χ0v) is 10.2. The highest BCUT2D eigenvalue weighted by Gasteiger charge is 2.29. The van der Waals surface area contributed by atoms with Gasteiger partial charge in [0, 0.05) is 6.54 Å². The van der Waals surface area contributed by atoms with Gasteiger partial charge in [-0.1, -0.05) is 40.0 Å². The Kier molecular flexibility index (Phi) is 4.94. The Labute approximate surface area is 89.7 Å². The molecule has 14 heavy (non-hydrogen) atoms. The maximum Gasteiger partial charge on any atom is 0.000517 e. The predicted molar refractivity (Wildman–Crippen MR) is 63.5 cm³/mol. The minimum Gasteiger partial charge on any atom is -0.316 e. The molecule has 1 saturated carbocycles. The van der Waals surface area contributed by atoms with Gasteiger partial charge in [-0.3, -0.25) is 0 Å². The number of rotatable bonds is 5. The van der Waals surface area contributed by atoms with Crippen molar-refractivity contribution >= 4 is 0 Å². The fourth-order valence-corrected chi connectivity index (χ4v) is 2.62. The van der Waals surface area contributed by atoms with Gasteiger partial charge in [-0.2, -0.15) is 0 Å². The molecular weight excluding hydrogens is 170 g/mol. The van der Waals surface area contributed by atoms with Crippen molar-refractivity contribution in [2.45, 2.75) is 59.3 Å². The number of hydrogen-bond donors (Lipinski definition) is 1. The molecule has 1 aliphatic carbocycles. The largest absolute Gasteiger partial charge is 0.316 e. The molecule has 0 aliphatic heterocycles. The molecule has 0 saturated heterocycles. The van der Waals surface area contributed by atoms with Crippen LogP contribution in [0.15, 0.2) is 0 Å². The molecule has 0 aromatic heterocycles. The molecule has 0 heterocycles. The smallest absolute Gasteiger partial charge is 0.000517 e. The summed E-state index contributed by atoms with van der Waals surface area (Å²) in [6, 6.07) is 0. The molecule has 0 atom stereocenters. The van der Waals surface area contributed by atoms with Gasteiger partial charge in [0.25, 0.3) is 0 Å². The van der Waals surface area contributed by atoms with Gasteiger partial charge in [-0.15, -0.1) is 0 Å². The summed E-state index contributed by atoms with van der Waals surface area (Å²) in [6.07, 6.45) is 8.56. The van der Waals surface area contributed by atoms with E-state index in [0.29, 0.717) is 5.41 Å². The second-order valence-electron chi connectivity index (χ2n) is 5.50. The van der Waals surface area contributed by atoms with Crippen LogP contribution in [0.25, 0.3) is 0 Å². The summed E-state index contributed by atoms with van der Waals surface area (Å²) >= 11 is 0. The lowest BCUT2D eigenvalue weighted by atomic mass is 9.71. The first-order valence-electron chi connectivity index (χ1n) is 6.37. The van der Waals surface area contributed by atoms with Gasteiger partial charge in [0.15, 0.2) is 0 Å². The first-order chi connectivity index (χ1) is 6.67. The highest BCUT2D eigenvalue weighted by Crippen LogP contribution is 2.37. The molecule has 1 fully saturated rings. The summed E-state index contributed by atoms with van der Waals surface area (Å²) in [7, 11) is 0. The van der Waals surface area contributed by atoms with Crippen molar-refractivity contribution in [3.63, 3.8) is 0 Å². The van der Waals surface area contributed by atoms with Gasteiger partial charge in [0.1, 0.15) is 0 Å². The van der Waals surface area contributed by atoms with Crippen LogP contribution in [0, 0.1) is 11.3 Å². The third-order valence-electron chi connectivity index (χ3n) is 3.72. The molecule has 0 amide bonds. The maximum absolute atomic E-state index is 3.57. The van der Waals surface area contributed by atoms with Crippen molar-refractivity contribution in [3.05, 3.63) is 0 Å². The molecule has 1 heteroatoms. The zero-order valence-electron chi connectivity index (χ0n) is 10.2. The van der Waals surface area contributed by atoms with E-state index in [9.17, 15) is 0 Å². The van der Waals surface area contributed by atoms with Gasteiger partial charge >= 0.3 is 0 Å². The average Bonchev–Trinajstić information content (AvgIpc) is 2.19. The molecule has 0 radical (unpaired) electrons. The van der Waals surface area contributed by atoms with Crippen LogP contribution in [0.2, 0.25) is 0 Å². The summed E-state index contributed by atoms with van der Waals surface area (Å²) in [6.45, 7) is 9.49. The Bertz CT molecular complexity index is 145. The molecule has 1 aliphatic rings. The number of hydrogen-bond acceptors (Lipinski definition) is 1. The molecule has 0 aromatic rings. The molecular formula is C13H27N. The minimum atomic E-state index is 0.510. The first-order valence-corrected chi connectivity index (χ1v) is 6.37. The van der Waals surface area contributed by atoms with E-state index in [1.54, 1.807) is 0 Å². The average molecular weight is 197 g/mol. The van der Waals surface area contributed by atoms with Crippen molar-refractivity contribution in [1.82, 2.24) is 5.32 Å². The number of nitrogens with one attached hydrogen (secondary N) is 1. The zero-order chi connectivity index (χ0) is 10.4. The van der Waals surface area contributed by atoms with E-state index in [-0.39, 0.29) is 0 Å². The highest BCUT2D eigenvalue weighted by molar-refractivity contribution is 4.82. The Morgan fingerprint density at radius 1 is 1.14 bits per heavy atom. The van der Waals surface area contributed by atoms with Gasteiger partial charge < -0.3 is 5.32 Å². The van der Waals surface area contributed by atoms with Crippen molar-refractivity contribution in [1.29, 1.82) is 0 Å². The summed E-state index contributed by atoms with van der Waals surface area (Å²) < 4.78 is 0. The molecule has 0 unspecified atom stereocenters.